The molecule has 3 fully saturated rings. The lowest BCUT2D eigenvalue weighted by Crippen LogP contribution is -2.46. The zero-order valence-corrected chi connectivity index (χ0v) is 19.6. The maximum Gasteiger partial charge on any atom is 0.0578 e. The molecule has 1 nitrogen and oxygen atoms in total. The molecule has 0 aromatic carbocycles. The van der Waals surface area contributed by atoms with E-state index in [4.69, 9.17) is 0 Å². The average molecular weight is 397 g/mol. The zero-order valence-electron chi connectivity index (χ0n) is 19.6. The van der Waals surface area contributed by atoms with E-state index in [-0.39, 0.29) is 6.10 Å². The third-order valence-electron chi connectivity index (χ3n) is 10.0. The van der Waals surface area contributed by atoms with Crippen molar-refractivity contribution in [3.63, 3.8) is 0 Å². The van der Waals surface area contributed by atoms with Crippen LogP contribution in [0.2, 0.25) is 0 Å². The van der Waals surface area contributed by atoms with Gasteiger partial charge >= 0.3 is 0 Å². The van der Waals surface area contributed by atoms with Crippen molar-refractivity contribution in [2.45, 2.75) is 98.5 Å². The van der Waals surface area contributed by atoms with Gasteiger partial charge in [-0.3, -0.25) is 0 Å². The molecule has 29 heavy (non-hydrogen) atoms. The van der Waals surface area contributed by atoms with Gasteiger partial charge in [-0.1, -0.05) is 70.1 Å². The van der Waals surface area contributed by atoms with Gasteiger partial charge in [-0.2, -0.15) is 0 Å². The van der Waals surface area contributed by atoms with E-state index in [0.717, 1.165) is 36.5 Å². The van der Waals surface area contributed by atoms with Crippen molar-refractivity contribution in [3.8, 4) is 0 Å². The van der Waals surface area contributed by atoms with Gasteiger partial charge in [0, 0.05) is 0 Å². The first-order chi connectivity index (χ1) is 13.7. The van der Waals surface area contributed by atoms with Crippen LogP contribution in [0.15, 0.2) is 35.5 Å². The molecular weight excluding hydrogens is 352 g/mol. The molecule has 0 aromatic heterocycles. The summed E-state index contributed by atoms with van der Waals surface area (Å²) in [6.07, 6.45) is 15.9. The molecule has 4 aliphatic carbocycles. The highest BCUT2D eigenvalue weighted by Gasteiger charge is 2.56. The molecule has 7 atom stereocenters. The van der Waals surface area contributed by atoms with Gasteiger partial charge in [0.25, 0.3) is 0 Å². The van der Waals surface area contributed by atoms with Gasteiger partial charge < -0.3 is 5.11 Å². The first-order valence-electron chi connectivity index (χ1n) is 12.4. The topological polar surface area (TPSA) is 20.2 Å². The summed E-state index contributed by atoms with van der Waals surface area (Å²) in [5.74, 6) is 3.78. The number of aliphatic hydroxyl groups excluding tert-OH is 1. The summed E-state index contributed by atoms with van der Waals surface area (Å²) in [5, 5.41) is 10.2. The quantitative estimate of drug-likeness (QED) is 0.478. The Balaban J connectivity index is 1.53. The van der Waals surface area contributed by atoms with Crippen molar-refractivity contribution >= 4 is 0 Å². The predicted octanol–water partition coefficient (Wildman–Crippen LogP) is 7.47. The summed E-state index contributed by atoms with van der Waals surface area (Å²) >= 11 is 0. The fraction of sp³-hybridized carbons (Fsp3) is 0.786. The van der Waals surface area contributed by atoms with E-state index in [2.05, 4.69) is 53.3 Å². The fourth-order valence-electron chi connectivity index (χ4n) is 7.86. The molecule has 0 radical (unpaired) electrons. The second-order valence-electron chi connectivity index (χ2n) is 11.8. The minimum atomic E-state index is -0.115. The van der Waals surface area contributed by atoms with Crippen LogP contribution in [0.3, 0.4) is 0 Å². The number of aliphatic hydroxyl groups is 1. The molecule has 4 aliphatic rings. The van der Waals surface area contributed by atoms with Crippen LogP contribution >= 0.6 is 0 Å². The smallest absolute Gasteiger partial charge is 0.0578 e. The van der Waals surface area contributed by atoms with Gasteiger partial charge in [0.2, 0.25) is 0 Å². The van der Waals surface area contributed by atoms with Gasteiger partial charge in [0.05, 0.1) is 6.10 Å². The van der Waals surface area contributed by atoms with Gasteiger partial charge in [0.15, 0.2) is 0 Å². The van der Waals surface area contributed by atoms with E-state index in [9.17, 15) is 5.11 Å². The molecule has 162 valence electrons. The molecule has 0 heterocycles. The van der Waals surface area contributed by atoms with Crippen LogP contribution in [-0.4, -0.2) is 11.2 Å². The molecular formula is C28H44O. The van der Waals surface area contributed by atoms with Crippen molar-refractivity contribution in [2.24, 2.45) is 40.4 Å². The average Bonchev–Trinajstić information content (AvgIpc) is 3.03. The Kier molecular flexibility index (Phi) is 5.69. The Bertz CT molecular complexity index is 712. The first kappa shape index (κ1) is 21.4. The summed E-state index contributed by atoms with van der Waals surface area (Å²) in [6.45, 7) is 16.6. The van der Waals surface area contributed by atoms with E-state index in [1.807, 2.05) is 0 Å². The molecule has 0 aromatic rings. The summed E-state index contributed by atoms with van der Waals surface area (Å²) in [6, 6.07) is 0. The molecule has 0 saturated heterocycles. The molecule has 1 heteroatoms. The molecule has 0 spiro atoms. The zero-order chi connectivity index (χ0) is 21.0. The molecule has 5 unspecified atom stereocenters. The summed E-state index contributed by atoms with van der Waals surface area (Å²) in [4.78, 5) is 0. The Labute approximate surface area is 179 Å². The van der Waals surface area contributed by atoms with E-state index in [1.165, 1.54) is 56.1 Å². The largest absolute Gasteiger partial charge is 0.393 e. The maximum absolute atomic E-state index is 10.2. The molecule has 0 amide bonds. The number of allylic oxidation sites excluding steroid dienone is 4. The monoisotopic (exact) mass is 396 g/mol. The molecule has 1 N–H and O–H groups in total. The lowest BCUT2D eigenvalue weighted by atomic mass is 9.50. The van der Waals surface area contributed by atoms with Crippen LogP contribution in [0.1, 0.15) is 92.4 Å². The summed E-state index contributed by atoms with van der Waals surface area (Å²) in [7, 11) is 0. The fourth-order valence-corrected chi connectivity index (χ4v) is 7.86. The SMILES string of the molecule is C=C(CCC(C)C1CCC2C3=CC=C4CC(O)CC[C@]4(C)C3CC[C@@]21C)C(C)C. The third-order valence-corrected chi connectivity index (χ3v) is 10.0. The molecule has 0 aliphatic heterocycles. The number of hydrogen-bond donors (Lipinski definition) is 1. The van der Waals surface area contributed by atoms with Crippen molar-refractivity contribution in [2.75, 3.05) is 0 Å². The number of rotatable bonds is 5. The first-order valence-corrected chi connectivity index (χ1v) is 12.4. The number of fused-ring (bicyclic) bond motifs is 5. The van der Waals surface area contributed by atoms with E-state index >= 15 is 0 Å². The van der Waals surface area contributed by atoms with Crippen LogP contribution in [0.4, 0.5) is 0 Å². The van der Waals surface area contributed by atoms with Gasteiger partial charge in [-0.05, 0) is 98.2 Å². The summed E-state index contributed by atoms with van der Waals surface area (Å²) in [5.41, 5.74) is 5.53. The van der Waals surface area contributed by atoms with Crippen LogP contribution in [0.5, 0.6) is 0 Å². The lowest BCUT2D eigenvalue weighted by molar-refractivity contribution is 0.0326. The van der Waals surface area contributed by atoms with Crippen LogP contribution < -0.4 is 0 Å². The second-order valence-corrected chi connectivity index (χ2v) is 11.8. The normalized spacial score (nSPS) is 42.4. The Morgan fingerprint density at radius 1 is 1.07 bits per heavy atom. The van der Waals surface area contributed by atoms with Crippen molar-refractivity contribution < 1.29 is 5.11 Å². The van der Waals surface area contributed by atoms with Gasteiger partial charge in [0.1, 0.15) is 0 Å². The van der Waals surface area contributed by atoms with Crippen molar-refractivity contribution in [3.05, 3.63) is 35.5 Å². The van der Waals surface area contributed by atoms with Crippen LogP contribution in [-0.2, 0) is 0 Å². The Hall–Kier alpha value is -0.820. The highest BCUT2D eigenvalue weighted by Crippen LogP contribution is 2.66. The van der Waals surface area contributed by atoms with E-state index in [1.54, 1.807) is 5.57 Å². The van der Waals surface area contributed by atoms with Crippen molar-refractivity contribution in [1.29, 1.82) is 0 Å². The molecule has 0 bridgehead atoms. The van der Waals surface area contributed by atoms with Crippen LogP contribution in [0, 0.1) is 40.4 Å². The Morgan fingerprint density at radius 3 is 2.55 bits per heavy atom. The second kappa shape index (κ2) is 7.70. The maximum atomic E-state index is 10.2. The lowest BCUT2D eigenvalue weighted by Gasteiger charge is -2.55. The van der Waals surface area contributed by atoms with Gasteiger partial charge in [-0.25, -0.2) is 0 Å². The molecule has 4 rings (SSSR count). The van der Waals surface area contributed by atoms with E-state index < -0.39 is 0 Å². The standard InChI is InChI=1S/C28H44O/c1-18(2)19(3)7-8-20(4)24-11-12-25-23-10-9-21-17-22(29)13-15-27(21,5)26(23)14-16-28(24,25)6/h9-10,18,20,22,24-26,29H,3,7-8,11-17H2,1-2,4-6H3/t20?,22?,24?,25?,26?,27-,28+/m0/s1. The molecule has 3 saturated carbocycles. The third kappa shape index (κ3) is 3.50. The van der Waals surface area contributed by atoms with Crippen LogP contribution in [0.25, 0.3) is 0 Å². The van der Waals surface area contributed by atoms with E-state index in [0.29, 0.717) is 16.7 Å². The number of hydrogen-bond acceptors (Lipinski definition) is 1. The minimum absolute atomic E-state index is 0.115. The minimum Gasteiger partial charge on any atom is -0.393 e. The Morgan fingerprint density at radius 2 is 1.83 bits per heavy atom. The predicted molar refractivity (Wildman–Crippen MR) is 124 cm³/mol. The van der Waals surface area contributed by atoms with Crippen molar-refractivity contribution in [1.82, 2.24) is 0 Å². The summed E-state index contributed by atoms with van der Waals surface area (Å²) < 4.78 is 0. The highest BCUT2D eigenvalue weighted by molar-refractivity contribution is 5.38. The highest BCUT2D eigenvalue weighted by atomic mass is 16.3. The van der Waals surface area contributed by atoms with Gasteiger partial charge in [-0.15, -0.1) is 0 Å².